The van der Waals surface area contributed by atoms with Crippen LogP contribution in [0.3, 0.4) is 0 Å². The Balaban J connectivity index is 1.36. The summed E-state index contributed by atoms with van der Waals surface area (Å²) in [7, 11) is 0. The number of aryl methyl sites for hydroxylation is 1. The number of carbonyl (C=O) groups excluding carboxylic acids is 2. The first-order chi connectivity index (χ1) is 15.0. The number of hydrogen-bond donors (Lipinski definition) is 1. The molecule has 0 spiro atoms. The smallest absolute Gasteiger partial charge is 0.318 e. The summed E-state index contributed by atoms with van der Waals surface area (Å²) in [4.78, 5) is 31.0. The summed E-state index contributed by atoms with van der Waals surface area (Å²) in [5.41, 5.74) is -0.501. The number of carbonyl (C=O) groups is 2. The molecule has 3 heterocycles. The van der Waals surface area contributed by atoms with Crippen molar-refractivity contribution in [3.05, 3.63) is 5.89 Å². The number of anilines is 1. The molecule has 2 atom stereocenters. The molecule has 8 nitrogen and oxygen atoms in total. The zero-order valence-electron chi connectivity index (χ0n) is 18.6. The van der Waals surface area contributed by atoms with Gasteiger partial charge in [0.05, 0.1) is 5.41 Å². The first-order valence-corrected chi connectivity index (χ1v) is 12.2. The molecule has 170 valence electrons. The lowest BCUT2D eigenvalue weighted by Gasteiger charge is -2.33. The molecule has 2 saturated heterocycles. The van der Waals surface area contributed by atoms with Gasteiger partial charge in [0.25, 0.3) is 0 Å². The summed E-state index contributed by atoms with van der Waals surface area (Å²) in [6.07, 6.45) is 9.68. The Bertz CT molecular complexity index is 816. The van der Waals surface area contributed by atoms with Crippen LogP contribution in [0.5, 0.6) is 0 Å². The van der Waals surface area contributed by atoms with Crippen molar-refractivity contribution in [3.63, 3.8) is 0 Å². The van der Waals surface area contributed by atoms with Gasteiger partial charge in [-0.05, 0) is 44.4 Å². The maximum absolute atomic E-state index is 13.5. The molecule has 8 heteroatoms. The largest absolute Gasteiger partial charge is 0.408 e. The molecule has 2 amide bonds. The average molecular weight is 430 g/mol. The summed E-state index contributed by atoms with van der Waals surface area (Å²) in [6.45, 7) is 5.23. The molecule has 1 aromatic heterocycles. The van der Waals surface area contributed by atoms with Crippen molar-refractivity contribution >= 4 is 17.8 Å². The van der Waals surface area contributed by atoms with E-state index in [0.29, 0.717) is 43.4 Å². The number of fused-ring (bicyclic) bond motifs is 1. The predicted molar refractivity (Wildman–Crippen MR) is 115 cm³/mol. The molecule has 4 aliphatic rings. The lowest BCUT2D eigenvalue weighted by molar-refractivity contribution is -0.138. The summed E-state index contributed by atoms with van der Waals surface area (Å²) < 4.78 is 5.70. The fraction of sp³-hybridized carbons (Fsp3) is 0.826. The molecule has 2 saturated carbocycles. The molecular weight excluding hydrogens is 394 g/mol. The maximum atomic E-state index is 13.5. The van der Waals surface area contributed by atoms with Crippen molar-refractivity contribution < 1.29 is 14.0 Å². The normalized spacial score (nSPS) is 29.5. The summed E-state index contributed by atoms with van der Waals surface area (Å²) >= 11 is 0. The van der Waals surface area contributed by atoms with Gasteiger partial charge in [-0.3, -0.25) is 9.59 Å². The van der Waals surface area contributed by atoms with Crippen LogP contribution in [0.1, 0.15) is 63.7 Å². The van der Waals surface area contributed by atoms with E-state index in [0.717, 1.165) is 51.6 Å². The van der Waals surface area contributed by atoms with Gasteiger partial charge in [-0.15, -0.1) is 5.10 Å². The van der Waals surface area contributed by atoms with Crippen molar-refractivity contribution in [2.75, 3.05) is 37.6 Å². The molecule has 31 heavy (non-hydrogen) atoms. The van der Waals surface area contributed by atoms with Crippen molar-refractivity contribution in [1.29, 1.82) is 0 Å². The molecule has 1 aromatic rings. The lowest BCUT2D eigenvalue weighted by Crippen LogP contribution is -2.49. The number of likely N-dealkylation sites (tertiary alicyclic amines) is 1. The minimum atomic E-state index is -0.501. The minimum absolute atomic E-state index is 0.0777. The van der Waals surface area contributed by atoms with Crippen LogP contribution >= 0.6 is 0 Å². The number of hydrogen-bond acceptors (Lipinski definition) is 6. The van der Waals surface area contributed by atoms with Crippen LogP contribution in [-0.2, 0) is 9.59 Å². The second-order valence-corrected chi connectivity index (χ2v) is 10.2. The molecular formula is C23H35N5O3. The fourth-order valence-corrected chi connectivity index (χ4v) is 5.91. The van der Waals surface area contributed by atoms with Crippen LogP contribution in [0.25, 0.3) is 0 Å². The van der Waals surface area contributed by atoms with E-state index in [9.17, 15) is 9.59 Å². The third-order valence-corrected chi connectivity index (χ3v) is 7.94. The standard InChI is InChI=1S/C23H35N5O3/c1-16-25-26-22(31-16)28-14-19-13-27(20(29)18-6-3-2-4-7-18)11-5-10-23(19,15-28)21(30)24-12-17-8-9-17/h17-19H,2-15H2,1H3,(H,24,30)/t19-,23-/m0/s1. The molecule has 0 unspecified atom stereocenters. The Kier molecular flexibility index (Phi) is 5.65. The molecule has 0 radical (unpaired) electrons. The van der Waals surface area contributed by atoms with Crippen LogP contribution in [0, 0.1) is 30.1 Å². The Hall–Kier alpha value is -2.12. The van der Waals surface area contributed by atoms with E-state index >= 15 is 0 Å². The minimum Gasteiger partial charge on any atom is -0.408 e. The van der Waals surface area contributed by atoms with E-state index in [1.807, 2.05) is 0 Å². The monoisotopic (exact) mass is 429 g/mol. The third kappa shape index (κ3) is 4.17. The third-order valence-electron chi connectivity index (χ3n) is 7.94. The van der Waals surface area contributed by atoms with Crippen molar-refractivity contribution in [1.82, 2.24) is 20.4 Å². The van der Waals surface area contributed by atoms with Gasteiger partial charge >= 0.3 is 6.01 Å². The van der Waals surface area contributed by atoms with E-state index in [1.54, 1.807) is 6.92 Å². The van der Waals surface area contributed by atoms with Gasteiger partial charge in [-0.2, -0.15) is 0 Å². The Morgan fingerprint density at radius 1 is 1.10 bits per heavy atom. The van der Waals surface area contributed by atoms with Gasteiger partial charge in [0.1, 0.15) is 0 Å². The zero-order valence-corrected chi connectivity index (χ0v) is 18.6. The predicted octanol–water partition coefficient (Wildman–Crippen LogP) is 2.53. The Morgan fingerprint density at radius 3 is 2.61 bits per heavy atom. The number of aromatic nitrogens is 2. The number of nitrogens with one attached hydrogen (secondary N) is 1. The maximum Gasteiger partial charge on any atom is 0.318 e. The topological polar surface area (TPSA) is 91.6 Å². The van der Waals surface area contributed by atoms with Gasteiger partial charge in [0, 0.05) is 51.5 Å². The zero-order chi connectivity index (χ0) is 21.4. The van der Waals surface area contributed by atoms with E-state index < -0.39 is 5.41 Å². The molecule has 0 bridgehead atoms. The number of rotatable bonds is 5. The van der Waals surface area contributed by atoms with Crippen LogP contribution in [-0.4, -0.2) is 59.6 Å². The summed E-state index contributed by atoms with van der Waals surface area (Å²) in [5, 5.41) is 11.4. The molecule has 2 aliphatic carbocycles. The van der Waals surface area contributed by atoms with Crippen molar-refractivity contribution in [2.24, 2.45) is 23.2 Å². The summed E-state index contributed by atoms with van der Waals surface area (Å²) in [6, 6.07) is 0.491. The number of amides is 2. The lowest BCUT2D eigenvalue weighted by atomic mass is 9.74. The average Bonchev–Trinajstić information content (AvgIpc) is 3.46. The molecule has 4 fully saturated rings. The second kappa shape index (κ2) is 8.43. The quantitative estimate of drug-likeness (QED) is 0.773. The Labute approximate surface area is 184 Å². The van der Waals surface area contributed by atoms with Crippen molar-refractivity contribution in [3.8, 4) is 0 Å². The first-order valence-electron chi connectivity index (χ1n) is 12.2. The second-order valence-electron chi connectivity index (χ2n) is 10.2. The Morgan fingerprint density at radius 2 is 1.90 bits per heavy atom. The molecule has 2 aliphatic heterocycles. The number of nitrogens with zero attached hydrogens (tertiary/aromatic N) is 4. The highest BCUT2D eigenvalue weighted by atomic mass is 16.4. The van der Waals surface area contributed by atoms with E-state index in [1.165, 1.54) is 19.3 Å². The molecule has 1 N–H and O–H groups in total. The van der Waals surface area contributed by atoms with E-state index in [4.69, 9.17) is 4.42 Å². The highest BCUT2D eigenvalue weighted by Crippen LogP contribution is 2.45. The van der Waals surface area contributed by atoms with Gasteiger partial charge in [0.2, 0.25) is 17.7 Å². The SMILES string of the molecule is Cc1nnc(N2C[C@@H]3CN(C(=O)C4CCCCC4)CCC[C@]3(C(=O)NCC3CC3)C2)o1. The van der Waals surface area contributed by atoms with Crippen LogP contribution in [0.15, 0.2) is 4.42 Å². The first kappa shape index (κ1) is 20.8. The molecule has 5 rings (SSSR count). The highest BCUT2D eigenvalue weighted by Gasteiger charge is 2.54. The van der Waals surface area contributed by atoms with Crippen LogP contribution < -0.4 is 10.2 Å². The van der Waals surface area contributed by atoms with E-state index in [2.05, 4.69) is 25.3 Å². The van der Waals surface area contributed by atoms with Crippen LogP contribution in [0.2, 0.25) is 0 Å². The molecule has 0 aromatic carbocycles. The van der Waals surface area contributed by atoms with Gasteiger partial charge in [-0.25, -0.2) is 0 Å². The van der Waals surface area contributed by atoms with Gasteiger partial charge in [0.15, 0.2) is 0 Å². The highest BCUT2D eigenvalue weighted by molar-refractivity contribution is 5.85. The van der Waals surface area contributed by atoms with Gasteiger partial charge < -0.3 is 19.5 Å². The summed E-state index contributed by atoms with van der Waals surface area (Å²) in [5.74, 6) is 1.87. The van der Waals surface area contributed by atoms with E-state index in [-0.39, 0.29) is 17.7 Å². The van der Waals surface area contributed by atoms with Gasteiger partial charge in [-0.1, -0.05) is 24.4 Å². The van der Waals surface area contributed by atoms with Crippen LogP contribution in [0.4, 0.5) is 6.01 Å². The fourth-order valence-electron chi connectivity index (χ4n) is 5.91. The van der Waals surface area contributed by atoms with Crippen molar-refractivity contribution in [2.45, 2.75) is 64.7 Å².